The average Bonchev–Trinajstić information content (AvgIpc) is 2.48. The fraction of sp³-hybridized carbons (Fsp3) is 0.562. The van der Waals surface area contributed by atoms with Crippen molar-refractivity contribution in [3.05, 3.63) is 24.3 Å². The largest absolute Gasteiger partial charge is 0.493 e. The molecule has 1 aromatic carbocycles. The van der Waals surface area contributed by atoms with Crippen molar-refractivity contribution >= 4 is 23.4 Å². The summed E-state index contributed by atoms with van der Waals surface area (Å²) in [6.45, 7) is 1.16. The number of nitrogens with one attached hydrogen (secondary N) is 1. The quantitative estimate of drug-likeness (QED) is 0.487. The maximum absolute atomic E-state index is 11.6. The monoisotopic (exact) mass is 310 g/mol. The van der Waals surface area contributed by atoms with E-state index in [2.05, 4.69) is 11.6 Å². The fourth-order valence-corrected chi connectivity index (χ4v) is 2.36. The first-order chi connectivity index (χ1) is 10.2. The highest BCUT2D eigenvalue weighted by atomic mass is 32.2. The van der Waals surface area contributed by atoms with Gasteiger partial charge in [-0.3, -0.25) is 4.79 Å². The Bertz CT molecular complexity index is 396. The van der Waals surface area contributed by atoms with E-state index in [4.69, 9.17) is 10.5 Å². The number of anilines is 1. The summed E-state index contributed by atoms with van der Waals surface area (Å²) in [5, 5.41) is 2.92. The third-order valence-corrected chi connectivity index (χ3v) is 3.77. The minimum atomic E-state index is 0.0505. The number of ether oxygens (including phenoxy) is 1. The van der Waals surface area contributed by atoms with Gasteiger partial charge in [0.05, 0.1) is 13.0 Å². The number of amides is 1. The fourth-order valence-electron chi connectivity index (χ4n) is 1.87. The molecule has 0 aromatic heterocycles. The first-order valence-electron chi connectivity index (χ1n) is 7.46. The molecule has 0 bridgehead atoms. The van der Waals surface area contributed by atoms with Crippen LogP contribution >= 0.6 is 11.8 Å². The predicted molar refractivity (Wildman–Crippen MR) is 90.8 cm³/mol. The summed E-state index contributed by atoms with van der Waals surface area (Å²) < 4.78 is 5.48. The highest BCUT2D eigenvalue weighted by Gasteiger charge is 2.01. The maximum atomic E-state index is 11.6. The molecule has 0 radical (unpaired) electrons. The Morgan fingerprint density at radius 1 is 1.19 bits per heavy atom. The number of rotatable bonds is 11. The lowest BCUT2D eigenvalue weighted by Gasteiger charge is -2.07. The molecule has 0 unspecified atom stereocenters. The molecular formula is C16H26N2O2S. The number of benzene rings is 1. The van der Waals surface area contributed by atoms with Crippen LogP contribution in [-0.2, 0) is 4.79 Å². The zero-order valence-corrected chi connectivity index (χ0v) is 13.6. The molecule has 0 aliphatic heterocycles. The molecule has 0 heterocycles. The number of thioether (sulfide) groups is 1. The number of nitrogen functional groups attached to an aromatic ring is 1. The van der Waals surface area contributed by atoms with E-state index in [0.29, 0.717) is 18.7 Å². The molecule has 0 spiro atoms. The summed E-state index contributed by atoms with van der Waals surface area (Å²) in [6.07, 6.45) is 7.27. The van der Waals surface area contributed by atoms with Crippen LogP contribution in [0.1, 0.15) is 32.1 Å². The van der Waals surface area contributed by atoms with Gasteiger partial charge in [-0.15, -0.1) is 0 Å². The molecule has 0 aliphatic rings. The molecule has 21 heavy (non-hydrogen) atoms. The second-order valence-electron chi connectivity index (χ2n) is 4.92. The third kappa shape index (κ3) is 9.24. The van der Waals surface area contributed by atoms with Crippen molar-refractivity contribution in [2.24, 2.45) is 0 Å². The van der Waals surface area contributed by atoms with E-state index in [-0.39, 0.29) is 5.91 Å². The summed E-state index contributed by atoms with van der Waals surface area (Å²) in [4.78, 5) is 11.6. The molecule has 1 amide bonds. The molecule has 0 atom stereocenters. The molecule has 0 aliphatic carbocycles. The van der Waals surface area contributed by atoms with Gasteiger partial charge in [-0.1, -0.05) is 12.8 Å². The summed E-state index contributed by atoms with van der Waals surface area (Å²) >= 11 is 1.89. The Morgan fingerprint density at radius 3 is 2.62 bits per heavy atom. The van der Waals surface area contributed by atoms with Gasteiger partial charge in [0, 0.05) is 12.2 Å². The van der Waals surface area contributed by atoms with E-state index >= 15 is 0 Å². The number of carbonyl (C=O) groups excluding carboxylic acids is 1. The second-order valence-corrected chi connectivity index (χ2v) is 5.91. The van der Waals surface area contributed by atoms with Crippen molar-refractivity contribution < 1.29 is 9.53 Å². The molecule has 4 nitrogen and oxygen atoms in total. The summed E-state index contributed by atoms with van der Waals surface area (Å²) in [6, 6.07) is 7.18. The number of nitrogens with two attached hydrogens (primary N) is 1. The lowest BCUT2D eigenvalue weighted by Crippen LogP contribution is -2.25. The van der Waals surface area contributed by atoms with Crippen LogP contribution in [0.5, 0.6) is 5.75 Å². The van der Waals surface area contributed by atoms with Gasteiger partial charge in [-0.25, -0.2) is 0 Å². The van der Waals surface area contributed by atoms with E-state index in [9.17, 15) is 4.79 Å². The normalized spacial score (nSPS) is 10.3. The minimum absolute atomic E-state index is 0.0505. The van der Waals surface area contributed by atoms with Crippen LogP contribution in [0, 0.1) is 0 Å². The van der Waals surface area contributed by atoms with E-state index in [0.717, 1.165) is 18.7 Å². The maximum Gasteiger partial charge on any atom is 0.223 e. The van der Waals surface area contributed by atoms with E-state index in [1.165, 1.54) is 25.0 Å². The molecule has 0 saturated heterocycles. The standard InChI is InChI=1S/C16H26N2O2S/c1-21-13-5-3-2-4-11-18-16(19)10-12-20-15-8-6-14(17)7-9-15/h6-9H,2-5,10-13,17H2,1H3,(H,18,19). The van der Waals surface area contributed by atoms with Crippen molar-refractivity contribution in [1.29, 1.82) is 0 Å². The van der Waals surface area contributed by atoms with Crippen LogP contribution in [0.15, 0.2) is 24.3 Å². The van der Waals surface area contributed by atoms with Gasteiger partial charge in [0.25, 0.3) is 0 Å². The highest BCUT2D eigenvalue weighted by molar-refractivity contribution is 7.98. The van der Waals surface area contributed by atoms with Crippen molar-refractivity contribution in [2.75, 3.05) is 30.9 Å². The smallest absolute Gasteiger partial charge is 0.223 e. The Kier molecular flexibility index (Phi) is 9.53. The van der Waals surface area contributed by atoms with Crippen molar-refractivity contribution in [3.63, 3.8) is 0 Å². The molecule has 0 fully saturated rings. The van der Waals surface area contributed by atoms with Gasteiger partial charge < -0.3 is 15.8 Å². The molecule has 1 rings (SSSR count). The number of carbonyl (C=O) groups is 1. The van der Waals surface area contributed by atoms with Crippen molar-refractivity contribution in [1.82, 2.24) is 5.32 Å². The first kappa shape index (κ1) is 17.7. The zero-order chi connectivity index (χ0) is 15.3. The molecular weight excluding hydrogens is 284 g/mol. The van der Waals surface area contributed by atoms with Gasteiger partial charge in [-0.05, 0) is 49.1 Å². The Labute approximate surface area is 131 Å². The Hall–Kier alpha value is -1.36. The van der Waals surface area contributed by atoms with Gasteiger partial charge >= 0.3 is 0 Å². The highest BCUT2D eigenvalue weighted by Crippen LogP contribution is 2.13. The molecule has 118 valence electrons. The van der Waals surface area contributed by atoms with Gasteiger partial charge in [0.15, 0.2) is 0 Å². The van der Waals surface area contributed by atoms with Gasteiger partial charge in [0.2, 0.25) is 5.91 Å². The third-order valence-electron chi connectivity index (χ3n) is 3.08. The van der Waals surface area contributed by atoms with Crippen molar-refractivity contribution in [3.8, 4) is 5.75 Å². The summed E-state index contributed by atoms with van der Waals surface area (Å²) in [7, 11) is 0. The van der Waals surface area contributed by atoms with Crippen LogP contribution in [-0.4, -0.2) is 31.1 Å². The lowest BCUT2D eigenvalue weighted by atomic mass is 10.2. The molecule has 0 saturated carbocycles. The second kappa shape index (κ2) is 11.3. The Morgan fingerprint density at radius 2 is 1.90 bits per heavy atom. The topological polar surface area (TPSA) is 64.3 Å². The summed E-state index contributed by atoms with van der Waals surface area (Å²) in [5.74, 6) is 2.02. The van der Waals surface area contributed by atoms with Crippen LogP contribution in [0.4, 0.5) is 5.69 Å². The minimum Gasteiger partial charge on any atom is -0.493 e. The van der Waals surface area contributed by atoms with E-state index in [1.54, 1.807) is 12.1 Å². The number of hydrogen-bond donors (Lipinski definition) is 2. The number of unbranched alkanes of at least 4 members (excludes halogenated alkanes) is 3. The van der Waals surface area contributed by atoms with Gasteiger partial charge in [0.1, 0.15) is 5.75 Å². The zero-order valence-electron chi connectivity index (χ0n) is 12.8. The molecule has 3 N–H and O–H groups in total. The SMILES string of the molecule is CSCCCCCCNC(=O)CCOc1ccc(N)cc1. The van der Waals surface area contributed by atoms with E-state index in [1.807, 2.05) is 23.9 Å². The van der Waals surface area contributed by atoms with Crippen LogP contribution in [0.2, 0.25) is 0 Å². The molecule has 1 aromatic rings. The van der Waals surface area contributed by atoms with Crippen molar-refractivity contribution in [2.45, 2.75) is 32.1 Å². The lowest BCUT2D eigenvalue weighted by molar-refractivity contribution is -0.121. The van der Waals surface area contributed by atoms with Gasteiger partial charge in [-0.2, -0.15) is 11.8 Å². The van der Waals surface area contributed by atoms with E-state index < -0.39 is 0 Å². The number of hydrogen-bond acceptors (Lipinski definition) is 4. The molecule has 5 heteroatoms. The first-order valence-corrected chi connectivity index (χ1v) is 8.85. The van der Waals surface area contributed by atoms with Crippen LogP contribution in [0.3, 0.4) is 0 Å². The Balaban J connectivity index is 1.97. The average molecular weight is 310 g/mol. The van der Waals surface area contributed by atoms with Crippen LogP contribution < -0.4 is 15.8 Å². The van der Waals surface area contributed by atoms with Crippen LogP contribution in [0.25, 0.3) is 0 Å². The predicted octanol–water partition coefficient (Wildman–Crippen LogP) is 3.08. The summed E-state index contributed by atoms with van der Waals surface area (Å²) in [5.41, 5.74) is 6.30.